The second kappa shape index (κ2) is 14.5. The maximum Gasteiger partial charge on any atom is 0.397 e. The van der Waals surface area contributed by atoms with E-state index >= 15 is 0 Å². The number of ether oxygens (including phenoxy) is 2. The molecule has 0 aliphatic carbocycles. The van der Waals surface area contributed by atoms with Crippen molar-refractivity contribution < 1.29 is 36.8 Å². The first-order valence-electron chi connectivity index (χ1n) is 16.5. The van der Waals surface area contributed by atoms with Gasteiger partial charge in [-0.15, -0.1) is 5.10 Å². The summed E-state index contributed by atoms with van der Waals surface area (Å²) in [5.74, 6) is 3.70. The fourth-order valence-corrected chi connectivity index (χ4v) is 6.47. The van der Waals surface area contributed by atoms with E-state index < -0.39 is 39.3 Å². The van der Waals surface area contributed by atoms with Gasteiger partial charge < -0.3 is 19.5 Å². The van der Waals surface area contributed by atoms with E-state index in [0.717, 1.165) is 19.4 Å². The number of nitrogens with zero attached hydrogens (tertiary/aromatic N) is 5. The van der Waals surface area contributed by atoms with Gasteiger partial charge in [0.25, 0.3) is 0 Å². The molecule has 51 heavy (non-hydrogen) atoms. The van der Waals surface area contributed by atoms with E-state index in [-0.39, 0.29) is 29.4 Å². The predicted octanol–water partition coefficient (Wildman–Crippen LogP) is 7.19. The summed E-state index contributed by atoms with van der Waals surface area (Å²) < 4.78 is 70.7. The molecule has 2 N–H and O–H groups in total. The van der Waals surface area contributed by atoms with E-state index in [4.69, 9.17) is 14.5 Å². The van der Waals surface area contributed by atoms with Crippen molar-refractivity contribution in [2.75, 3.05) is 35.9 Å². The van der Waals surface area contributed by atoms with Crippen molar-refractivity contribution >= 4 is 33.2 Å². The number of hydrogen-bond donors (Lipinski definition) is 2. The van der Waals surface area contributed by atoms with Crippen LogP contribution in [0.1, 0.15) is 59.1 Å². The van der Waals surface area contributed by atoms with Gasteiger partial charge in [-0.2, -0.15) is 13.2 Å². The quantitative estimate of drug-likeness (QED) is 0.190. The van der Waals surface area contributed by atoms with Crippen LogP contribution in [-0.4, -0.2) is 73.4 Å². The normalized spacial score (nSPS) is 19.1. The Bertz CT molecular complexity index is 1980. The SMILES string of the molecule is C=S1(=O)Nc2ccc(-n3ccc(OCC(C)(C)C(F)(F)F)n3)c(n2)-c2ccccc2C(C)OCCCCN(CC(C)(C)C(=O)O)c2cccc1n2. The lowest BCUT2D eigenvalue weighted by Crippen LogP contribution is -2.40. The summed E-state index contributed by atoms with van der Waals surface area (Å²) in [4.78, 5) is 23.5. The molecule has 1 aromatic carbocycles. The van der Waals surface area contributed by atoms with Crippen LogP contribution in [0.5, 0.6) is 5.88 Å². The number of carboxylic acid groups (broad SMARTS) is 1. The van der Waals surface area contributed by atoms with Crippen molar-refractivity contribution in [3.8, 4) is 22.8 Å². The number of alkyl halides is 3. The molecule has 0 saturated carbocycles. The molecule has 2 unspecified atom stereocenters. The molecule has 4 heterocycles. The van der Waals surface area contributed by atoms with Crippen LogP contribution < -0.4 is 14.4 Å². The molecule has 0 amide bonds. The lowest BCUT2D eigenvalue weighted by atomic mass is 9.93. The Morgan fingerprint density at radius 3 is 2.53 bits per heavy atom. The third-order valence-electron chi connectivity index (χ3n) is 8.68. The first kappa shape index (κ1) is 37.6. The smallest absolute Gasteiger partial charge is 0.397 e. The minimum Gasteiger partial charge on any atom is -0.481 e. The number of benzene rings is 1. The van der Waals surface area contributed by atoms with Crippen LogP contribution in [-0.2, 0) is 19.2 Å². The number of aromatic nitrogens is 4. The zero-order valence-corrected chi connectivity index (χ0v) is 30.1. The lowest BCUT2D eigenvalue weighted by molar-refractivity contribution is -0.219. The van der Waals surface area contributed by atoms with Crippen molar-refractivity contribution in [1.82, 2.24) is 19.7 Å². The predicted molar refractivity (Wildman–Crippen MR) is 191 cm³/mol. The van der Waals surface area contributed by atoms with Crippen LogP contribution >= 0.6 is 0 Å². The number of carbonyl (C=O) groups is 1. The van der Waals surface area contributed by atoms with Crippen molar-refractivity contribution in [3.05, 3.63) is 72.4 Å². The van der Waals surface area contributed by atoms with Crippen molar-refractivity contribution in [1.29, 1.82) is 0 Å². The monoisotopic (exact) mass is 728 g/mol. The fraction of sp³-hybridized carbons (Fsp3) is 0.417. The van der Waals surface area contributed by atoms with E-state index in [1.165, 1.54) is 10.7 Å². The Hall–Kier alpha value is -4.63. The summed E-state index contributed by atoms with van der Waals surface area (Å²) in [5.41, 5.74) is -0.749. The number of nitrogens with one attached hydrogen (secondary N) is 1. The maximum atomic E-state index is 14.2. The van der Waals surface area contributed by atoms with E-state index in [2.05, 4.69) is 20.7 Å². The van der Waals surface area contributed by atoms with Crippen LogP contribution in [0.25, 0.3) is 16.9 Å². The molecule has 1 aliphatic heterocycles. The van der Waals surface area contributed by atoms with Gasteiger partial charge >= 0.3 is 12.1 Å². The molecular formula is C36H43F3N6O5S. The van der Waals surface area contributed by atoms with Crippen LogP contribution in [0.15, 0.2) is 71.9 Å². The zero-order chi connectivity index (χ0) is 37.2. The van der Waals surface area contributed by atoms with Crippen molar-refractivity contribution in [3.63, 3.8) is 0 Å². The van der Waals surface area contributed by atoms with Gasteiger partial charge in [0.15, 0.2) is 0 Å². The largest absolute Gasteiger partial charge is 0.481 e. The van der Waals surface area contributed by atoms with Gasteiger partial charge in [0.1, 0.15) is 23.3 Å². The van der Waals surface area contributed by atoms with Crippen LogP contribution in [0.3, 0.4) is 0 Å². The van der Waals surface area contributed by atoms with Crippen molar-refractivity contribution in [2.24, 2.45) is 10.8 Å². The summed E-state index contributed by atoms with van der Waals surface area (Å²) >= 11 is 0. The highest BCUT2D eigenvalue weighted by atomic mass is 32.2. The van der Waals surface area contributed by atoms with Gasteiger partial charge in [0.2, 0.25) is 5.88 Å². The van der Waals surface area contributed by atoms with Crippen LogP contribution in [0, 0.1) is 10.8 Å². The highest BCUT2D eigenvalue weighted by Gasteiger charge is 2.48. The highest BCUT2D eigenvalue weighted by molar-refractivity contribution is 8.01. The molecule has 4 bridgehead atoms. The molecule has 4 aromatic rings. The Kier molecular flexibility index (Phi) is 10.7. The number of aliphatic carboxylic acids is 1. The van der Waals surface area contributed by atoms with Gasteiger partial charge in [-0.25, -0.2) is 18.9 Å². The molecule has 2 atom stereocenters. The van der Waals surface area contributed by atoms with Gasteiger partial charge in [0.05, 0.1) is 38.0 Å². The summed E-state index contributed by atoms with van der Waals surface area (Å²) in [7, 11) is -3.30. The number of fused-ring (bicyclic) bond motifs is 6. The van der Waals surface area contributed by atoms with E-state index in [1.54, 1.807) is 50.4 Å². The van der Waals surface area contributed by atoms with Gasteiger partial charge in [-0.3, -0.25) is 9.52 Å². The number of pyridine rings is 2. The van der Waals surface area contributed by atoms with E-state index in [9.17, 15) is 27.3 Å². The highest BCUT2D eigenvalue weighted by Crippen LogP contribution is 2.38. The molecule has 1 aliphatic rings. The molecule has 0 fully saturated rings. The summed E-state index contributed by atoms with van der Waals surface area (Å²) in [5, 5.41) is 14.4. The minimum absolute atomic E-state index is 0.00325. The van der Waals surface area contributed by atoms with Gasteiger partial charge in [0, 0.05) is 37.5 Å². The van der Waals surface area contributed by atoms with Crippen LogP contribution in [0.2, 0.25) is 0 Å². The van der Waals surface area contributed by atoms with E-state index in [0.29, 0.717) is 48.8 Å². The molecule has 11 nitrogen and oxygen atoms in total. The second-order valence-electron chi connectivity index (χ2n) is 13.9. The summed E-state index contributed by atoms with van der Waals surface area (Å²) in [6.45, 7) is 7.79. The summed E-state index contributed by atoms with van der Waals surface area (Å²) in [6.07, 6.45) is -1.93. The fourth-order valence-electron chi connectivity index (χ4n) is 5.37. The first-order chi connectivity index (χ1) is 23.9. The maximum absolute atomic E-state index is 14.2. The average Bonchev–Trinajstić information content (AvgIpc) is 3.54. The van der Waals surface area contributed by atoms with Gasteiger partial charge in [-0.1, -0.05) is 30.3 Å². The molecule has 274 valence electrons. The number of carboxylic acids is 1. The van der Waals surface area contributed by atoms with Gasteiger partial charge in [-0.05, 0) is 83.2 Å². The standard InChI is InChI=1S/C36H43F3N6O5S/c1-24-25-12-7-8-13-26(25)32-27(45-20-18-30(42-45)50-23-35(4,5)36(37,38)39)16-17-28(40-32)43-51(6,48)31-15-11-14-29(41-31)44(19-9-10-21-49-24)22-34(2,3)33(46)47/h7-8,11-18,20,24H,6,9-10,19,21-23H2,1-5H3,(H,46,47)(H,40,43,48). The van der Waals surface area contributed by atoms with E-state index in [1.807, 2.05) is 36.1 Å². The average molecular weight is 729 g/mol. The summed E-state index contributed by atoms with van der Waals surface area (Å²) in [6, 6.07) is 17.3. The second-order valence-corrected chi connectivity index (χ2v) is 15.8. The Labute approximate surface area is 296 Å². The number of hydrogen-bond acceptors (Lipinski definition) is 8. The first-order valence-corrected chi connectivity index (χ1v) is 18.2. The molecular weight excluding hydrogens is 685 g/mol. The topological polar surface area (TPSA) is 132 Å². The molecule has 0 spiro atoms. The molecule has 0 radical (unpaired) electrons. The Morgan fingerprint density at radius 1 is 1.06 bits per heavy atom. The molecule has 0 saturated heterocycles. The number of rotatable bonds is 7. The minimum atomic E-state index is -4.46. The molecule has 3 aromatic heterocycles. The third-order valence-corrected chi connectivity index (χ3v) is 10.1. The van der Waals surface area contributed by atoms with Crippen LogP contribution in [0.4, 0.5) is 24.8 Å². The van der Waals surface area contributed by atoms with Crippen molar-refractivity contribution in [2.45, 2.75) is 64.8 Å². The lowest BCUT2D eigenvalue weighted by Gasteiger charge is -2.31. The zero-order valence-electron chi connectivity index (χ0n) is 29.2. The molecule has 5 rings (SSSR count). The molecule has 15 heteroatoms. The number of halogens is 3. The Morgan fingerprint density at radius 2 is 1.80 bits per heavy atom. The third kappa shape index (κ3) is 8.64. The number of anilines is 2. The Balaban J connectivity index is 1.57.